The standard InChI is InChI=1S/C8H8F3N3O4/c1-17-7-6(18-8(9,10)11)4(2-12)5(3-13-7)14(15)16/h3H,2,12H2,1H3. The number of hydrogen-bond acceptors (Lipinski definition) is 6. The lowest BCUT2D eigenvalue weighted by atomic mass is 10.2. The van der Waals surface area contributed by atoms with Crippen LogP contribution in [0.15, 0.2) is 6.20 Å². The van der Waals surface area contributed by atoms with Gasteiger partial charge in [-0.05, 0) is 0 Å². The summed E-state index contributed by atoms with van der Waals surface area (Å²) in [6.45, 7) is -0.527. The van der Waals surface area contributed by atoms with Crippen molar-refractivity contribution in [3.63, 3.8) is 0 Å². The Labute approximate surface area is 98.5 Å². The van der Waals surface area contributed by atoms with Crippen LogP contribution in [0.2, 0.25) is 0 Å². The van der Waals surface area contributed by atoms with Gasteiger partial charge in [-0.2, -0.15) is 0 Å². The summed E-state index contributed by atoms with van der Waals surface area (Å²) in [6.07, 6.45) is -4.28. The summed E-state index contributed by atoms with van der Waals surface area (Å²) in [5.41, 5.74) is 4.09. The number of nitrogens with zero attached hydrogens (tertiary/aromatic N) is 2. The maximum Gasteiger partial charge on any atom is 0.573 e. The van der Waals surface area contributed by atoms with E-state index in [-0.39, 0.29) is 0 Å². The molecular formula is C8H8F3N3O4. The number of hydrogen-bond donors (Lipinski definition) is 1. The zero-order valence-corrected chi connectivity index (χ0v) is 9.02. The third-order valence-electron chi connectivity index (χ3n) is 1.89. The molecule has 0 radical (unpaired) electrons. The van der Waals surface area contributed by atoms with Crippen molar-refractivity contribution in [2.75, 3.05) is 7.11 Å². The van der Waals surface area contributed by atoms with E-state index in [1.165, 1.54) is 0 Å². The third-order valence-corrected chi connectivity index (χ3v) is 1.89. The molecule has 0 unspecified atom stereocenters. The molecule has 0 aromatic carbocycles. The van der Waals surface area contributed by atoms with Crippen LogP contribution in [0.5, 0.6) is 11.6 Å². The highest BCUT2D eigenvalue weighted by Crippen LogP contribution is 2.38. The summed E-state index contributed by atoms with van der Waals surface area (Å²) in [5.74, 6) is -1.43. The molecule has 10 heteroatoms. The van der Waals surface area contributed by atoms with Crippen molar-refractivity contribution >= 4 is 5.69 Å². The van der Waals surface area contributed by atoms with Crippen LogP contribution in [0.3, 0.4) is 0 Å². The number of nitro groups is 1. The van der Waals surface area contributed by atoms with Gasteiger partial charge in [-0.1, -0.05) is 0 Å². The Bertz CT molecular complexity index is 464. The first kappa shape index (κ1) is 14.0. The average Bonchev–Trinajstić information content (AvgIpc) is 2.26. The molecule has 1 aromatic heterocycles. The quantitative estimate of drug-likeness (QED) is 0.652. The summed E-state index contributed by atoms with van der Waals surface area (Å²) in [4.78, 5) is 13.1. The summed E-state index contributed by atoms with van der Waals surface area (Å²) in [5, 5.41) is 10.6. The molecule has 0 amide bonds. The number of aromatic nitrogens is 1. The molecule has 0 spiro atoms. The van der Waals surface area contributed by atoms with Gasteiger partial charge in [0, 0.05) is 6.54 Å². The average molecular weight is 267 g/mol. The van der Waals surface area contributed by atoms with E-state index in [1.54, 1.807) is 0 Å². The van der Waals surface area contributed by atoms with Crippen LogP contribution in [0.25, 0.3) is 0 Å². The van der Waals surface area contributed by atoms with Gasteiger partial charge in [0.05, 0.1) is 17.6 Å². The topological polar surface area (TPSA) is 101 Å². The second-order valence-corrected chi connectivity index (χ2v) is 2.97. The van der Waals surface area contributed by atoms with Crippen LogP contribution in [0.4, 0.5) is 18.9 Å². The molecule has 0 fully saturated rings. The largest absolute Gasteiger partial charge is 0.573 e. The van der Waals surface area contributed by atoms with Crippen LogP contribution < -0.4 is 15.2 Å². The molecule has 7 nitrogen and oxygen atoms in total. The third kappa shape index (κ3) is 2.97. The lowest BCUT2D eigenvalue weighted by Gasteiger charge is -2.14. The Hall–Kier alpha value is -2.10. The first-order valence-corrected chi connectivity index (χ1v) is 4.46. The van der Waals surface area contributed by atoms with Gasteiger partial charge in [0.15, 0.2) is 0 Å². The second-order valence-electron chi connectivity index (χ2n) is 2.97. The zero-order valence-electron chi connectivity index (χ0n) is 9.02. The Balaban J connectivity index is 3.41. The van der Waals surface area contributed by atoms with E-state index >= 15 is 0 Å². The maximum absolute atomic E-state index is 12.2. The fraction of sp³-hybridized carbons (Fsp3) is 0.375. The van der Waals surface area contributed by atoms with Crippen molar-refractivity contribution < 1.29 is 27.6 Å². The molecule has 0 aliphatic heterocycles. The minimum atomic E-state index is -5.03. The van der Waals surface area contributed by atoms with Gasteiger partial charge in [0.25, 0.3) is 11.6 Å². The van der Waals surface area contributed by atoms with Crippen LogP contribution in [-0.4, -0.2) is 23.4 Å². The molecule has 1 aromatic rings. The van der Waals surface area contributed by atoms with Crippen LogP contribution >= 0.6 is 0 Å². The van der Waals surface area contributed by atoms with Gasteiger partial charge < -0.3 is 15.2 Å². The molecule has 1 rings (SSSR count). The molecular weight excluding hydrogens is 259 g/mol. The van der Waals surface area contributed by atoms with Crippen LogP contribution in [-0.2, 0) is 6.54 Å². The van der Waals surface area contributed by atoms with E-state index in [9.17, 15) is 23.3 Å². The first-order valence-electron chi connectivity index (χ1n) is 4.46. The predicted octanol–water partition coefficient (Wildman–Crippen LogP) is 1.36. The first-order chi connectivity index (χ1) is 8.30. The number of nitrogens with two attached hydrogens (primary N) is 1. The van der Waals surface area contributed by atoms with Crippen LogP contribution in [0, 0.1) is 10.1 Å². The Kier molecular flexibility index (Phi) is 3.91. The van der Waals surface area contributed by atoms with Crippen molar-refractivity contribution in [3.8, 4) is 11.6 Å². The molecule has 18 heavy (non-hydrogen) atoms. The lowest BCUT2D eigenvalue weighted by molar-refractivity contribution is -0.386. The number of ether oxygens (including phenoxy) is 2. The van der Waals surface area contributed by atoms with Gasteiger partial charge >= 0.3 is 6.36 Å². The normalized spacial score (nSPS) is 11.2. The number of halogens is 3. The van der Waals surface area contributed by atoms with Crippen molar-refractivity contribution in [2.24, 2.45) is 5.73 Å². The number of alkyl halides is 3. The summed E-state index contributed by atoms with van der Waals surface area (Å²) < 4.78 is 44.8. The molecule has 0 atom stereocenters. The van der Waals surface area contributed by atoms with Gasteiger partial charge in [-0.25, -0.2) is 4.98 Å². The monoisotopic (exact) mass is 267 g/mol. The minimum Gasteiger partial charge on any atom is -0.478 e. The van der Waals surface area contributed by atoms with Gasteiger partial charge in [0.2, 0.25) is 5.75 Å². The van der Waals surface area contributed by atoms with Gasteiger partial charge in [-0.15, -0.1) is 13.2 Å². The lowest BCUT2D eigenvalue weighted by Crippen LogP contribution is -2.20. The number of rotatable bonds is 4. The van der Waals surface area contributed by atoms with Crippen molar-refractivity contribution in [3.05, 3.63) is 21.9 Å². The van der Waals surface area contributed by atoms with E-state index in [2.05, 4.69) is 14.5 Å². The van der Waals surface area contributed by atoms with E-state index in [0.717, 1.165) is 13.3 Å². The van der Waals surface area contributed by atoms with Gasteiger partial charge in [0.1, 0.15) is 6.20 Å². The zero-order chi connectivity index (χ0) is 13.9. The van der Waals surface area contributed by atoms with E-state index < -0.39 is 40.7 Å². The summed E-state index contributed by atoms with van der Waals surface area (Å²) in [7, 11) is 1.05. The molecule has 100 valence electrons. The van der Waals surface area contributed by atoms with Gasteiger partial charge in [-0.3, -0.25) is 10.1 Å². The minimum absolute atomic E-state index is 0.441. The number of pyridine rings is 1. The Morgan fingerprint density at radius 3 is 2.56 bits per heavy atom. The molecule has 1 heterocycles. The van der Waals surface area contributed by atoms with Crippen molar-refractivity contribution in [1.82, 2.24) is 4.98 Å². The molecule has 2 N–H and O–H groups in total. The number of methoxy groups -OCH3 is 1. The molecule has 0 saturated heterocycles. The Morgan fingerprint density at radius 1 is 1.56 bits per heavy atom. The van der Waals surface area contributed by atoms with Crippen LogP contribution in [0.1, 0.15) is 5.56 Å². The van der Waals surface area contributed by atoms with E-state index in [4.69, 9.17) is 5.73 Å². The molecule has 0 aliphatic rings. The molecule has 0 aliphatic carbocycles. The predicted molar refractivity (Wildman–Crippen MR) is 52.0 cm³/mol. The van der Waals surface area contributed by atoms with Crippen molar-refractivity contribution in [1.29, 1.82) is 0 Å². The summed E-state index contributed by atoms with van der Waals surface area (Å²) in [6, 6.07) is 0. The fourth-order valence-corrected chi connectivity index (χ4v) is 1.22. The SMILES string of the molecule is COc1ncc([N+](=O)[O-])c(CN)c1OC(F)(F)F. The van der Waals surface area contributed by atoms with E-state index in [1.807, 2.05) is 0 Å². The highest BCUT2D eigenvalue weighted by atomic mass is 19.4. The van der Waals surface area contributed by atoms with E-state index in [0.29, 0.717) is 0 Å². The molecule has 0 bridgehead atoms. The highest BCUT2D eigenvalue weighted by molar-refractivity contribution is 5.53. The summed E-state index contributed by atoms with van der Waals surface area (Å²) >= 11 is 0. The fourth-order valence-electron chi connectivity index (χ4n) is 1.22. The highest BCUT2D eigenvalue weighted by Gasteiger charge is 2.36. The maximum atomic E-state index is 12.2. The van der Waals surface area contributed by atoms with Crippen molar-refractivity contribution in [2.45, 2.75) is 12.9 Å². The molecule has 0 saturated carbocycles. The smallest absolute Gasteiger partial charge is 0.478 e. The second kappa shape index (κ2) is 5.04. The Morgan fingerprint density at radius 2 is 2.17 bits per heavy atom.